The van der Waals surface area contributed by atoms with Crippen molar-refractivity contribution in [2.45, 2.75) is 58.3 Å². The highest BCUT2D eigenvalue weighted by atomic mass is 16.7. The van der Waals surface area contributed by atoms with Crippen LogP contribution >= 0.6 is 0 Å². The topological polar surface area (TPSA) is 57.7 Å². The van der Waals surface area contributed by atoms with E-state index in [1.165, 1.54) is 0 Å². The third-order valence-corrected chi connectivity index (χ3v) is 5.80. The van der Waals surface area contributed by atoms with Gasteiger partial charge in [0, 0.05) is 23.7 Å². The van der Waals surface area contributed by atoms with E-state index in [2.05, 4.69) is 26.0 Å². The van der Waals surface area contributed by atoms with Crippen LogP contribution in [-0.2, 0) is 22.4 Å². The van der Waals surface area contributed by atoms with Crippen LogP contribution in [0.4, 0.5) is 0 Å². The first-order chi connectivity index (χ1) is 14.2. The molecule has 2 aliphatic rings. The third-order valence-electron chi connectivity index (χ3n) is 5.80. The second-order valence-corrected chi connectivity index (χ2v) is 7.86. The number of hydrogen-bond acceptors (Lipinski definition) is 5. The Morgan fingerprint density at radius 2 is 1.93 bits per heavy atom. The maximum Gasteiger partial charge on any atom is 0.310 e. The van der Waals surface area contributed by atoms with Crippen LogP contribution in [0.2, 0.25) is 0 Å². The van der Waals surface area contributed by atoms with Crippen molar-refractivity contribution in [1.29, 1.82) is 0 Å². The van der Waals surface area contributed by atoms with Crippen LogP contribution in [0.15, 0.2) is 30.3 Å². The fraction of sp³-hybridized carbons (Fsp3) is 0.500. The molecule has 154 valence electrons. The fourth-order valence-corrected chi connectivity index (χ4v) is 4.21. The molecule has 0 spiro atoms. The monoisotopic (exact) mass is 395 g/mol. The van der Waals surface area contributed by atoms with E-state index in [0.29, 0.717) is 13.0 Å². The Balaban J connectivity index is 1.65. The lowest BCUT2D eigenvalue weighted by Crippen LogP contribution is -2.23. The van der Waals surface area contributed by atoms with Crippen molar-refractivity contribution in [3.05, 3.63) is 52.8 Å². The highest BCUT2D eigenvalue weighted by molar-refractivity contribution is 5.77. The first-order valence-corrected chi connectivity index (χ1v) is 10.8. The zero-order chi connectivity index (χ0) is 20.2. The fourth-order valence-electron chi connectivity index (χ4n) is 4.21. The van der Waals surface area contributed by atoms with Gasteiger partial charge in [0.25, 0.3) is 0 Å². The molecule has 29 heavy (non-hydrogen) atoms. The largest absolute Gasteiger partial charge is 0.465 e. The molecular formula is C24H29NO4. The number of carbonyl (C=O) groups is 1. The molecule has 2 heterocycles. The Hall–Kier alpha value is -2.56. The minimum absolute atomic E-state index is 0.0682. The molecule has 1 aliphatic heterocycles. The smallest absolute Gasteiger partial charge is 0.310 e. The molecule has 4 rings (SSSR count). The van der Waals surface area contributed by atoms with Gasteiger partial charge in [-0.15, -0.1) is 0 Å². The predicted molar refractivity (Wildman–Crippen MR) is 110 cm³/mol. The van der Waals surface area contributed by atoms with Crippen molar-refractivity contribution in [2.24, 2.45) is 5.92 Å². The van der Waals surface area contributed by atoms with Gasteiger partial charge in [-0.1, -0.05) is 38.8 Å². The Labute approximate surface area is 172 Å². The molecule has 5 heteroatoms. The van der Waals surface area contributed by atoms with Crippen LogP contribution in [-0.4, -0.2) is 24.4 Å². The maximum atomic E-state index is 13.0. The molecule has 0 saturated heterocycles. The lowest BCUT2D eigenvalue weighted by Gasteiger charge is -2.20. The molecule has 1 aromatic carbocycles. The summed E-state index contributed by atoms with van der Waals surface area (Å²) in [6.07, 6.45) is 5.76. The second kappa shape index (κ2) is 8.85. The normalized spacial score (nSPS) is 19.2. The van der Waals surface area contributed by atoms with Gasteiger partial charge in [0.1, 0.15) is 0 Å². The van der Waals surface area contributed by atoms with Crippen LogP contribution in [0.3, 0.4) is 0 Å². The summed E-state index contributed by atoms with van der Waals surface area (Å²) in [7, 11) is 0. The standard InChI is InChI=1S/C24H29NO4/c1-3-5-7-17-9-10-18-20(25-17)14-19(24(26)27-12-6-4-2)23(18)16-8-11-21-22(13-16)29-15-28-21/h8-11,13,19,23H,3-7,12,14-15H2,1-2H3/t19-,23-/m0/s1. The number of unbranched alkanes of at least 4 members (excludes halogenated alkanes) is 2. The summed E-state index contributed by atoms with van der Waals surface area (Å²) >= 11 is 0. The van der Waals surface area contributed by atoms with Gasteiger partial charge in [-0.25, -0.2) is 0 Å². The molecule has 0 fully saturated rings. The van der Waals surface area contributed by atoms with Gasteiger partial charge in [0.15, 0.2) is 11.5 Å². The number of rotatable bonds is 8. The van der Waals surface area contributed by atoms with Gasteiger partial charge in [0.2, 0.25) is 6.79 Å². The third kappa shape index (κ3) is 4.09. The second-order valence-electron chi connectivity index (χ2n) is 7.86. The van der Waals surface area contributed by atoms with Crippen LogP contribution in [0.25, 0.3) is 0 Å². The molecule has 1 aromatic heterocycles. The molecular weight excluding hydrogens is 366 g/mol. The van der Waals surface area contributed by atoms with Gasteiger partial charge in [-0.05, 0) is 48.6 Å². The summed E-state index contributed by atoms with van der Waals surface area (Å²) in [4.78, 5) is 17.9. The zero-order valence-electron chi connectivity index (χ0n) is 17.3. The summed E-state index contributed by atoms with van der Waals surface area (Å²) in [6.45, 7) is 5.00. The average Bonchev–Trinajstić information content (AvgIpc) is 3.35. The van der Waals surface area contributed by atoms with E-state index >= 15 is 0 Å². The molecule has 0 bridgehead atoms. The minimum Gasteiger partial charge on any atom is -0.465 e. The lowest BCUT2D eigenvalue weighted by molar-refractivity contribution is -0.148. The summed E-state index contributed by atoms with van der Waals surface area (Å²) in [5.41, 5.74) is 4.31. The molecule has 1 aliphatic carbocycles. The maximum absolute atomic E-state index is 13.0. The van der Waals surface area contributed by atoms with E-state index in [1.807, 2.05) is 18.2 Å². The van der Waals surface area contributed by atoms with Crippen molar-refractivity contribution in [1.82, 2.24) is 4.98 Å². The molecule has 0 saturated carbocycles. The number of pyridine rings is 1. The van der Waals surface area contributed by atoms with Gasteiger partial charge >= 0.3 is 5.97 Å². The average molecular weight is 395 g/mol. The van der Waals surface area contributed by atoms with Gasteiger partial charge in [-0.2, -0.15) is 0 Å². The van der Waals surface area contributed by atoms with Crippen LogP contribution in [0.1, 0.15) is 68.0 Å². The van der Waals surface area contributed by atoms with E-state index in [4.69, 9.17) is 19.2 Å². The van der Waals surface area contributed by atoms with Gasteiger partial charge in [-0.3, -0.25) is 9.78 Å². The molecule has 0 unspecified atom stereocenters. The lowest BCUT2D eigenvalue weighted by atomic mass is 9.85. The number of carbonyl (C=O) groups excluding carboxylic acids is 1. The number of fused-ring (bicyclic) bond motifs is 2. The van der Waals surface area contributed by atoms with Crippen molar-refractivity contribution in [2.75, 3.05) is 13.4 Å². The number of nitrogens with zero attached hydrogens (tertiary/aromatic N) is 1. The van der Waals surface area contributed by atoms with E-state index in [-0.39, 0.29) is 24.6 Å². The SMILES string of the molecule is CCCCOC(=O)[C@H]1Cc2nc(CCCC)ccc2[C@@H]1c1ccc2c(c1)OCO2. The summed E-state index contributed by atoms with van der Waals surface area (Å²) in [6, 6.07) is 10.2. The molecule has 2 aromatic rings. The zero-order valence-corrected chi connectivity index (χ0v) is 17.3. The number of aryl methyl sites for hydroxylation is 1. The molecule has 2 atom stereocenters. The van der Waals surface area contributed by atoms with Crippen molar-refractivity contribution < 1.29 is 19.0 Å². The Morgan fingerprint density at radius 3 is 2.76 bits per heavy atom. The first kappa shape index (κ1) is 19.7. The van der Waals surface area contributed by atoms with Crippen molar-refractivity contribution in [3.63, 3.8) is 0 Å². The van der Waals surface area contributed by atoms with E-state index in [1.54, 1.807) is 0 Å². The highest BCUT2D eigenvalue weighted by Gasteiger charge is 2.40. The van der Waals surface area contributed by atoms with Crippen molar-refractivity contribution in [3.8, 4) is 11.5 Å². The van der Waals surface area contributed by atoms with Crippen LogP contribution in [0, 0.1) is 5.92 Å². The van der Waals surface area contributed by atoms with Crippen LogP contribution in [0.5, 0.6) is 11.5 Å². The number of esters is 1. The number of benzene rings is 1. The van der Waals surface area contributed by atoms with Gasteiger partial charge < -0.3 is 14.2 Å². The minimum atomic E-state index is -0.254. The van der Waals surface area contributed by atoms with E-state index in [0.717, 1.165) is 66.1 Å². The Kier molecular flexibility index (Phi) is 6.02. The highest BCUT2D eigenvalue weighted by Crippen LogP contribution is 2.45. The number of hydrogen-bond donors (Lipinski definition) is 0. The summed E-state index contributed by atoms with van der Waals surface area (Å²) in [5.74, 6) is 1.04. The number of aromatic nitrogens is 1. The first-order valence-electron chi connectivity index (χ1n) is 10.8. The Bertz CT molecular complexity index is 879. The quantitative estimate of drug-likeness (QED) is 0.475. The van der Waals surface area contributed by atoms with Crippen molar-refractivity contribution >= 4 is 5.97 Å². The molecule has 0 N–H and O–H groups in total. The van der Waals surface area contributed by atoms with E-state index < -0.39 is 0 Å². The molecule has 5 nitrogen and oxygen atoms in total. The van der Waals surface area contributed by atoms with Gasteiger partial charge in [0.05, 0.1) is 12.5 Å². The Morgan fingerprint density at radius 1 is 1.10 bits per heavy atom. The molecule has 0 radical (unpaired) electrons. The molecule has 0 amide bonds. The number of ether oxygens (including phenoxy) is 3. The predicted octanol–water partition coefficient (Wildman–Crippen LogP) is 4.80. The summed E-state index contributed by atoms with van der Waals surface area (Å²) in [5, 5.41) is 0. The van der Waals surface area contributed by atoms with E-state index in [9.17, 15) is 4.79 Å². The summed E-state index contributed by atoms with van der Waals surface area (Å²) < 4.78 is 16.6. The van der Waals surface area contributed by atoms with Crippen LogP contribution < -0.4 is 9.47 Å².